The molecule has 1 fully saturated rings. The quantitative estimate of drug-likeness (QED) is 0.542. The van der Waals surface area contributed by atoms with Crippen LogP contribution in [0.15, 0.2) is 60.7 Å². The second-order valence-corrected chi connectivity index (χ2v) is 10.8. The van der Waals surface area contributed by atoms with E-state index in [0.717, 1.165) is 5.69 Å². The molecule has 8 nitrogen and oxygen atoms in total. The third-order valence-electron chi connectivity index (χ3n) is 5.10. The lowest BCUT2D eigenvalue weighted by Gasteiger charge is -2.15. The summed E-state index contributed by atoms with van der Waals surface area (Å²) in [5.41, 5.74) is 1.53. The molecule has 1 atom stereocenters. The van der Waals surface area contributed by atoms with Crippen molar-refractivity contribution in [2.45, 2.75) is 24.5 Å². The van der Waals surface area contributed by atoms with E-state index < -0.39 is 15.7 Å². The number of aromatic nitrogens is 2. The van der Waals surface area contributed by atoms with Crippen molar-refractivity contribution in [2.24, 2.45) is 0 Å². The Bertz CT molecular complexity index is 1200. The smallest absolute Gasteiger partial charge is 0.227 e. The molecule has 0 saturated carbocycles. The van der Waals surface area contributed by atoms with Crippen LogP contribution in [0.4, 0.5) is 10.8 Å². The average Bonchev–Trinajstić information content (AvgIpc) is 3.40. The first-order valence-corrected chi connectivity index (χ1v) is 12.8. The first kappa shape index (κ1) is 22.1. The Morgan fingerprint density at radius 1 is 1.06 bits per heavy atom. The number of rotatable bonds is 8. The molecule has 4 rings (SSSR count). The summed E-state index contributed by atoms with van der Waals surface area (Å²) in [6.07, 6.45) is 0.170. The minimum Gasteiger partial charge on any atom is -0.312 e. The monoisotopic (exact) mass is 470 g/mol. The molecule has 10 heteroatoms. The zero-order chi connectivity index (χ0) is 22.6. The van der Waals surface area contributed by atoms with Gasteiger partial charge in [0, 0.05) is 31.0 Å². The number of sulfone groups is 1. The van der Waals surface area contributed by atoms with Gasteiger partial charge in [-0.2, -0.15) is 0 Å². The van der Waals surface area contributed by atoms with Crippen molar-refractivity contribution in [2.75, 3.05) is 22.5 Å². The molecule has 2 amide bonds. The van der Waals surface area contributed by atoms with Crippen LogP contribution in [0.2, 0.25) is 0 Å². The Hall–Kier alpha value is -3.11. The topological polar surface area (TPSA) is 109 Å². The Morgan fingerprint density at radius 2 is 1.75 bits per heavy atom. The Morgan fingerprint density at radius 3 is 2.47 bits per heavy atom. The van der Waals surface area contributed by atoms with Gasteiger partial charge in [-0.3, -0.25) is 9.59 Å². The minimum absolute atomic E-state index is 0.0191. The van der Waals surface area contributed by atoms with Crippen LogP contribution in [0.1, 0.15) is 29.3 Å². The van der Waals surface area contributed by atoms with Gasteiger partial charge in [0.1, 0.15) is 5.01 Å². The van der Waals surface area contributed by atoms with Crippen LogP contribution in [0.3, 0.4) is 0 Å². The number of para-hydroxylation sites is 1. The number of hydrogen-bond donors (Lipinski definition) is 1. The van der Waals surface area contributed by atoms with Crippen molar-refractivity contribution in [3.8, 4) is 0 Å². The highest BCUT2D eigenvalue weighted by Crippen LogP contribution is 2.34. The molecule has 0 radical (unpaired) electrons. The number of benzene rings is 2. The van der Waals surface area contributed by atoms with Gasteiger partial charge >= 0.3 is 0 Å². The van der Waals surface area contributed by atoms with Gasteiger partial charge in [-0.25, -0.2) is 8.42 Å². The molecule has 32 heavy (non-hydrogen) atoms. The summed E-state index contributed by atoms with van der Waals surface area (Å²) in [4.78, 5) is 26.4. The fourth-order valence-corrected chi connectivity index (χ4v) is 5.70. The van der Waals surface area contributed by atoms with E-state index in [0.29, 0.717) is 28.7 Å². The van der Waals surface area contributed by atoms with Crippen LogP contribution in [0, 0.1) is 0 Å². The van der Waals surface area contributed by atoms with Crippen LogP contribution in [0.25, 0.3) is 0 Å². The zero-order valence-corrected chi connectivity index (χ0v) is 18.8. The van der Waals surface area contributed by atoms with Crippen LogP contribution in [-0.2, 0) is 25.2 Å². The highest BCUT2D eigenvalue weighted by Gasteiger charge is 2.33. The van der Waals surface area contributed by atoms with Crippen molar-refractivity contribution >= 4 is 43.8 Å². The number of amides is 2. The van der Waals surface area contributed by atoms with E-state index in [1.165, 1.54) is 11.3 Å². The van der Waals surface area contributed by atoms with Gasteiger partial charge < -0.3 is 10.2 Å². The molecular formula is C22H22N4O4S2. The first-order chi connectivity index (χ1) is 15.4. The predicted octanol–water partition coefficient (Wildman–Crippen LogP) is 3.00. The van der Waals surface area contributed by atoms with E-state index in [2.05, 4.69) is 15.5 Å². The molecule has 1 N–H and O–H groups in total. The summed E-state index contributed by atoms with van der Waals surface area (Å²) in [7, 11) is -3.40. The number of anilines is 2. The Labute approximate surface area is 190 Å². The van der Waals surface area contributed by atoms with Gasteiger partial charge in [0.05, 0.1) is 11.5 Å². The van der Waals surface area contributed by atoms with Crippen molar-refractivity contribution < 1.29 is 18.0 Å². The van der Waals surface area contributed by atoms with Gasteiger partial charge in [-0.1, -0.05) is 59.9 Å². The Kier molecular flexibility index (Phi) is 6.61. The van der Waals surface area contributed by atoms with E-state index in [-0.39, 0.29) is 29.8 Å². The average molecular weight is 471 g/mol. The number of nitrogens with one attached hydrogen (secondary N) is 1. The van der Waals surface area contributed by atoms with Gasteiger partial charge in [0.25, 0.3) is 0 Å². The van der Waals surface area contributed by atoms with Crippen molar-refractivity contribution in [3.05, 3.63) is 71.2 Å². The van der Waals surface area contributed by atoms with Crippen LogP contribution in [0.5, 0.6) is 0 Å². The van der Waals surface area contributed by atoms with Crippen molar-refractivity contribution in [1.29, 1.82) is 0 Å². The molecule has 2 heterocycles. The van der Waals surface area contributed by atoms with Crippen LogP contribution >= 0.6 is 11.3 Å². The van der Waals surface area contributed by atoms with Crippen LogP contribution in [-0.4, -0.2) is 42.7 Å². The third-order valence-corrected chi connectivity index (χ3v) is 7.70. The Balaban J connectivity index is 1.30. The molecule has 1 aliphatic rings. The van der Waals surface area contributed by atoms with E-state index in [4.69, 9.17) is 0 Å². The van der Waals surface area contributed by atoms with Crippen LogP contribution < -0.4 is 10.2 Å². The molecule has 1 saturated heterocycles. The second-order valence-electron chi connectivity index (χ2n) is 7.56. The fraction of sp³-hybridized carbons (Fsp3) is 0.273. The van der Waals surface area contributed by atoms with E-state index in [9.17, 15) is 18.0 Å². The van der Waals surface area contributed by atoms with Crippen molar-refractivity contribution in [1.82, 2.24) is 10.2 Å². The van der Waals surface area contributed by atoms with Gasteiger partial charge in [0.2, 0.25) is 16.9 Å². The maximum Gasteiger partial charge on any atom is 0.227 e. The normalized spacial score (nSPS) is 16.3. The highest BCUT2D eigenvalue weighted by atomic mass is 32.2. The summed E-state index contributed by atoms with van der Waals surface area (Å²) >= 11 is 1.21. The zero-order valence-electron chi connectivity index (χ0n) is 17.2. The number of hydrogen-bond acceptors (Lipinski definition) is 7. The number of carbonyl (C=O) groups is 2. The third kappa shape index (κ3) is 5.57. The molecule has 3 aromatic rings. The SMILES string of the molecule is O=C(CCS(=O)(=O)Cc1ccccc1)Nc1nnc([C@@H]2CC(=O)N(c3ccccc3)C2)s1. The maximum atomic E-state index is 12.4. The molecule has 0 unspecified atom stereocenters. The number of nitrogens with zero attached hydrogens (tertiary/aromatic N) is 3. The lowest BCUT2D eigenvalue weighted by Crippen LogP contribution is -2.24. The van der Waals surface area contributed by atoms with Gasteiger partial charge in [0.15, 0.2) is 9.84 Å². The predicted molar refractivity (Wildman–Crippen MR) is 123 cm³/mol. The highest BCUT2D eigenvalue weighted by molar-refractivity contribution is 7.90. The summed E-state index contributed by atoms with van der Waals surface area (Å²) < 4.78 is 24.5. The molecule has 1 aliphatic heterocycles. The molecule has 0 bridgehead atoms. The van der Waals surface area contributed by atoms with E-state index >= 15 is 0 Å². The molecule has 166 valence electrons. The summed E-state index contributed by atoms with van der Waals surface area (Å²) in [5.74, 6) is -0.860. The molecule has 0 spiro atoms. The maximum absolute atomic E-state index is 12.4. The van der Waals surface area contributed by atoms with E-state index in [1.54, 1.807) is 29.2 Å². The standard InChI is InChI=1S/C22H22N4O4S2/c27-19(11-12-32(29,30)15-16-7-3-1-4-8-16)23-22-25-24-21(31-22)17-13-20(28)26(14-17)18-9-5-2-6-10-18/h1-10,17H,11-15H2,(H,23,25,27)/t17-/m1/s1. The molecule has 2 aromatic carbocycles. The van der Waals surface area contributed by atoms with Gasteiger partial charge in [-0.05, 0) is 17.7 Å². The summed E-state index contributed by atoms with van der Waals surface area (Å²) in [6.45, 7) is 0.503. The van der Waals surface area contributed by atoms with Crippen molar-refractivity contribution in [3.63, 3.8) is 0 Å². The summed E-state index contributed by atoms with van der Waals surface area (Å²) in [5, 5.41) is 11.7. The largest absolute Gasteiger partial charge is 0.312 e. The van der Waals surface area contributed by atoms with E-state index in [1.807, 2.05) is 36.4 Å². The molecular weight excluding hydrogens is 448 g/mol. The summed E-state index contributed by atoms with van der Waals surface area (Å²) in [6, 6.07) is 18.3. The molecule has 0 aliphatic carbocycles. The van der Waals surface area contributed by atoms with Gasteiger partial charge in [-0.15, -0.1) is 10.2 Å². The second kappa shape index (κ2) is 9.58. The lowest BCUT2D eigenvalue weighted by molar-refractivity contribution is -0.117. The number of carbonyl (C=O) groups excluding carboxylic acids is 2. The minimum atomic E-state index is -3.40. The first-order valence-electron chi connectivity index (χ1n) is 10.1. The fourth-order valence-electron chi connectivity index (χ4n) is 3.51. The lowest BCUT2D eigenvalue weighted by atomic mass is 10.1. The molecule has 1 aromatic heterocycles.